The third-order valence-electron chi connectivity index (χ3n) is 7.58. The summed E-state index contributed by atoms with van der Waals surface area (Å²) >= 11 is 0. The summed E-state index contributed by atoms with van der Waals surface area (Å²) < 4.78 is 11.8. The van der Waals surface area contributed by atoms with Crippen LogP contribution in [0.4, 0.5) is 0 Å². The number of hydrogen-bond acceptors (Lipinski definition) is 12. The summed E-state index contributed by atoms with van der Waals surface area (Å²) in [6.45, 7) is 0.610. The number of phenolic OH excluding ortho intramolecular Hbond substituents is 10. The zero-order chi connectivity index (χ0) is 33.4. The van der Waals surface area contributed by atoms with E-state index in [0.29, 0.717) is 48.1 Å². The van der Waals surface area contributed by atoms with Crippen molar-refractivity contribution in [3.63, 3.8) is 0 Å². The van der Waals surface area contributed by atoms with Gasteiger partial charge in [-0.25, -0.2) is 0 Å². The fourth-order valence-electron chi connectivity index (χ4n) is 5.47. The van der Waals surface area contributed by atoms with Gasteiger partial charge in [-0.2, -0.15) is 0 Å². The molecule has 10 N–H and O–H groups in total. The third kappa shape index (κ3) is 9.40. The molecule has 0 fully saturated rings. The number of benzene rings is 4. The minimum atomic E-state index is -0.649. The SMILES string of the molecule is Oc1cc(O)cc(COCCC[C@H](Cc2cc(O)c(O)c(O)c2)[C@H](COCc2cc(O)cc(O)c2)Cc2cc(O)c(O)c(O)c2)c1. The first-order valence-electron chi connectivity index (χ1n) is 14.5. The zero-order valence-electron chi connectivity index (χ0n) is 24.9. The molecule has 0 aliphatic rings. The molecule has 0 radical (unpaired) electrons. The summed E-state index contributed by atoms with van der Waals surface area (Å²) in [6.07, 6.45) is 1.63. The molecular weight excluding hydrogens is 600 g/mol. The van der Waals surface area contributed by atoms with E-state index < -0.39 is 34.5 Å². The minimum absolute atomic E-state index is 0.0396. The van der Waals surface area contributed by atoms with Crippen LogP contribution in [-0.2, 0) is 35.5 Å². The lowest BCUT2D eigenvalue weighted by atomic mass is 9.80. The maximum absolute atomic E-state index is 10.1. The molecule has 4 aromatic carbocycles. The zero-order valence-corrected chi connectivity index (χ0v) is 24.9. The number of rotatable bonds is 15. The van der Waals surface area contributed by atoms with Crippen molar-refractivity contribution in [2.75, 3.05) is 13.2 Å². The average Bonchev–Trinajstić information content (AvgIpc) is 2.96. The smallest absolute Gasteiger partial charge is 0.200 e. The second kappa shape index (κ2) is 15.2. The lowest BCUT2D eigenvalue weighted by Crippen LogP contribution is -2.25. The van der Waals surface area contributed by atoms with Gasteiger partial charge in [0.25, 0.3) is 0 Å². The molecular formula is C34H38O12. The second-order valence-electron chi connectivity index (χ2n) is 11.3. The molecule has 246 valence electrons. The Kier molecular flexibility index (Phi) is 11.1. The molecule has 46 heavy (non-hydrogen) atoms. The summed E-state index contributed by atoms with van der Waals surface area (Å²) in [4.78, 5) is 0. The summed E-state index contributed by atoms with van der Waals surface area (Å²) in [7, 11) is 0. The predicted octanol–water partition coefficient (Wildman–Crippen LogP) is 4.97. The van der Waals surface area contributed by atoms with Gasteiger partial charge >= 0.3 is 0 Å². The van der Waals surface area contributed by atoms with Crippen molar-refractivity contribution in [2.24, 2.45) is 11.8 Å². The summed E-state index contributed by atoms with van der Waals surface area (Å²) in [6, 6.07) is 13.6. The van der Waals surface area contributed by atoms with E-state index in [1.54, 1.807) is 0 Å². The van der Waals surface area contributed by atoms with Crippen LogP contribution in [-0.4, -0.2) is 64.3 Å². The van der Waals surface area contributed by atoms with Crippen LogP contribution in [0.1, 0.15) is 35.1 Å². The molecule has 4 aromatic rings. The highest BCUT2D eigenvalue weighted by atomic mass is 16.5. The van der Waals surface area contributed by atoms with Crippen molar-refractivity contribution in [3.8, 4) is 57.5 Å². The van der Waals surface area contributed by atoms with Crippen LogP contribution in [0, 0.1) is 11.8 Å². The molecule has 12 nitrogen and oxygen atoms in total. The molecule has 0 spiro atoms. The van der Waals surface area contributed by atoms with Gasteiger partial charge in [-0.05, 0) is 108 Å². The van der Waals surface area contributed by atoms with E-state index in [0.717, 1.165) is 0 Å². The van der Waals surface area contributed by atoms with Crippen molar-refractivity contribution in [1.82, 2.24) is 0 Å². The fraction of sp³-hybridized carbons (Fsp3) is 0.294. The molecule has 4 rings (SSSR count). The van der Waals surface area contributed by atoms with Crippen LogP contribution in [0.2, 0.25) is 0 Å². The second-order valence-corrected chi connectivity index (χ2v) is 11.3. The Morgan fingerprint density at radius 1 is 0.435 bits per heavy atom. The van der Waals surface area contributed by atoms with Crippen molar-refractivity contribution < 1.29 is 60.5 Å². The normalized spacial score (nSPS) is 12.6. The fourth-order valence-corrected chi connectivity index (χ4v) is 5.47. The highest BCUT2D eigenvalue weighted by Crippen LogP contribution is 2.39. The number of hydrogen-bond donors (Lipinski definition) is 10. The lowest BCUT2D eigenvalue weighted by molar-refractivity contribution is 0.0578. The maximum Gasteiger partial charge on any atom is 0.200 e. The number of aromatic hydroxyl groups is 10. The number of ether oxygens (including phenoxy) is 2. The van der Waals surface area contributed by atoms with Crippen LogP contribution in [0.15, 0.2) is 60.7 Å². The van der Waals surface area contributed by atoms with Gasteiger partial charge in [-0.3, -0.25) is 0 Å². The van der Waals surface area contributed by atoms with Crippen LogP contribution in [0.5, 0.6) is 57.5 Å². The summed E-state index contributed by atoms with van der Waals surface area (Å²) in [5.41, 5.74) is 2.12. The Bertz CT molecular complexity index is 1550. The first-order valence-corrected chi connectivity index (χ1v) is 14.5. The van der Waals surface area contributed by atoms with E-state index in [-0.39, 0.29) is 61.1 Å². The van der Waals surface area contributed by atoms with E-state index in [1.807, 2.05) is 0 Å². The molecule has 0 saturated heterocycles. The maximum atomic E-state index is 10.1. The quantitative estimate of drug-likeness (QED) is 0.0616. The molecule has 0 saturated carbocycles. The van der Waals surface area contributed by atoms with Crippen LogP contribution >= 0.6 is 0 Å². The third-order valence-corrected chi connectivity index (χ3v) is 7.58. The van der Waals surface area contributed by atoms with E-state index in [1.165, 1.54) is 60.7 Å². The highest BCUT2D eigenvalue weighted by Gasteiger charge is 2.25. The van der Waals surface area contributed by atoms with Gasteiger partial charge in [0.1, 0.15) is 23.0 Å². The lowest BCUT2D eigenvalue weighted by Gasteiger charge is -2.28. The molecule has 2 atom stereocenters. The average molecular weight is 639 g/mol. The Labute approximate surface area is 264 Å². The van der Waals surface area contributed by atoms with Gasteiger partial charge in [0.05, 0.1) is 19.8 Å². The van der Waals surface area contributed by atoms with Crippen molar-refractivity contribution in [1.29, 1.82) is 0 Å². The number of phenols is 10. The van der Waals surface area contributed by atoms with Crippen LogP contribution in [0.3, 0.4) is 0 Å². The summed E-state index contributed by atoms with van der Waals surface area (Å²) in [5, 5.41) is 99.5. The molecule has 0 bridgehead atoms. The van der Waals surface area contributed by atoms with Gasteiger partial charge in [0.15, 0.2) is 34.5 Å². The van der Waals surface area contributed by atoms with E-state index in [2.05, 4.69) is 0 Å². The predicted molar refractivity (Wildman–Crippen MR) is 165 cm³/mol. The first-order chi connectivity index (χ1) is 21.9. The van der Waals surface area contributed by atoms with Crippen molar-refractivity contribution in [3.05, 3.63) is 82.9 Å². The van der Waals surface area contributed by atoms with Crippen molar-refractivity contribution >= 4 is 0 Å². The standard InChI is InChI=1S/C34H38O12/c35-25-6-21(7-26(36)14-25)16-45-3-1-2-23(4-19-10-29(39)33(43)30(40)11-19)24(5-20-12-31(41)34(44)32(42)13-20)18-46-17-22-8-27(37)15-28(38)9-22/h6-15,23-24,35-44H,1-5,16-18H2/t23-,24+/m1/s1. The Hall–Kier alpha value is -5.20. The van der Waals surface area contributed by atoms with Gasteiger partial charge < -0.3 is 60.5 Å². The van der Waals surface area contributed by atoms with Gasteiger partial charge in [-0.1, -0.05) is 0 Å². The molecule has 0 aromatic heterocycles. The molecule has 0 unspecified atom stereocenters. The monoisotopic (exact) mass is 638 g/mol. The highest BCUT2D eigenvalue weighted by molar-refractivity contribution is 5.52. The Morgan fingerprint density at radius 2 is 0.826 bits per heavy atom. The van der Waals surface area contributed by atoms with Gasteiger partial charge in [-0.15, -0.1) is 0 Å². The first kappa shape index (κ1) is 33.7. The van der Waals surface area contributed by atoms with E-state index in [9.17, 15) is 51.1 Å². The Morgan fingerprint density at radius 3 is 1.26 bits per heavy atom. The molecule has 0 aliphatic heterocycles. The van der Waals surface area contributed by atoms with Gasteiger partial charge in [0, 0.05) is 18.7 Å². The molecule has 0 heterocycles. The van der Waals surface area contributed by atoms with Crippen molar-refractivity contribution in [2.45, 2.75) is 38.9 Å². The largest absolute Gasteiger partial charge is 0.508 e. The summed E-state index contributed by atoms with van der Waals surface area (Å²) in [5.74, 6) is -4.26. The Balaban J connectivity index is 1.56. The van der Waals surface area contributed by atoms with Crippen LogP contribution in [0.25, 0.3) is 0 Å². The van der Waals surface area contributed by atoms with Gasteiger partial charge in [0.2, 0.25) is 0 Å². The topological polar surface area (TPSA) is 221 Å². The van der Waals surface area contributed by atoms with Crippen LogP contribution < -0.4 is 0 Å². The molecule has 12 heteroatoms. The van der Waals surface area contributed by atoms with E-state index >= 15 is 0 Å². The molecule has 0 amide bonds. The minimum Gasteiger partial charge on any atom is -0.508 e. The molecule has 0 aliphatic carbocycles. The van der Waals surface area contributed by atoms with E-state index in [4.69, 9.17) is 9.47 Å².